The number of anilines is 2. The van der Waals surface area contributed by atoms with Crippen LogP contribution in [0.3, 0.4) is 0 Å². The lowest BCUT2D eigenvalue weighted by atomic mass is 10.2. The van der Waals surface area contributed by atoms with Crippen LogP contribution < -0.4 is 10.6 Å². The van der Waals surface area contributed by atoms with Gasteiger partial charge < -0.3 is 10.6 Å². The summed E-state index contributed by atoms with van der Waals surface area (Å²) < 4.78 is 1.49. The molecule has 1 atom stereocenters. The summed E-state index contributed by atoms with van der Waals surface area (Å²) in [4.78, 5) is 24.9. The van der Waals surface area contributed by atoms with Crippen LogP contribution in [0.25, 0.3) is 0 Å². The van der Waals surface area contributed by atoms with E-state index in [0.29, 0.717) is 0 Å². The Morgan fingerprint density at radius 1 is 0.889 bits per heavy atom. The first-order chi connectivity index (χ1) is 13.0. The third-order valence-electron chi connectivity index (χ3n) is 4.41. The van der Waals surface area contributed by atoms with Crippen molar-refractivity contribution >= 4 is 23.2 Å². The largest absolute Gasteiger partial charge is 0.324 e. The van der Waals surface area contributed by atoms with Crippen LogP contribution in [0.5, 0.6) is 0 Å². The quantitative estimate of drug-likeness (QED) is 0.721. The minimum atomic E-state index is -0.551. The van der Waals surface area contributed by atoms with E-state index in [1.54, 1.807) is 19.2 Å². The van der Waals surface area contributed by atoms with Gasteiger partial charge in [0.15, 0.2) is 5.69 Å². The summed E-state index contributed by atoms with van der Waals surface area (Å²) in [5.41, 5.74) is 3.71. The number of aryl methyl sites for hydroxylation is 2. The molecule has 0 aliphatic heterocycles. The van der Waals surface area contributed by atoms with Gasteiger partial charge in [0.05, 0.1) is 0 Å². The van der Waals surface area contributed by atoms with Gasteiger partial charge in [-0.3, -0.25) is 14.3 Å². The van der Waals surface area contributed by atoms with Gasteiger partial charge >= 0.3 is 0 Å². The summed E-state index contributed by atoms with van der Waals surface area (Å²) in [5, 5.41) is 10.00. The Hall–Kier alpha value is -3.41. The maximum Gasteiger partial charge on any atom is 0.276 e. The molecule has 3 rings (SSSR count). The predicted molar refractivity (Wildman–Crippen MR) is 106 cm³/mol. The van der Waals surface area contributed by atoms with Gasteiger partial charge in [0.2, 0.25) is 5.91 Å². The zero-order valence-electron chi connectivity index (χ0n) is 15.6. The van der Waals surface area contributed by atoms with Gasteiger partial charge in [-0.2, -0.15) is 5.10 Å². The van der Waals surface area contributed by atoms with Crippen LogP contribution in [-0.4, -0.2) is 21.6 Å². The van der Waals surface area contributed by atoms with E-state index in [9.17, 15) is 9.59 Å². The lowest BCUT2D eigenvalue weighted by molar-refractivity contribution is -0.119. The highest BCUT2D eigenvalue weighted by atomic mass is 16.2. The third-order valence-corrected chi connectivity index (χ3v) is 4.41. The highest BCUT2D eigenvalue weighted by molar-refractivity contribution is 6.03. The Labute approximate surface area is 158 Å². The van der Waals surface area contributed by atoms with Gasteiger partial charge in [-0.15, -0.1) is 0 Å². The second kappa shape index (κ2) is 7.86. The van der Waals surface area contributed by atoms with Gasteiger partial charge in [0, 0.05) is 17.6 Å². The molecule has 0 spiro atoms. The smallest absolute Gasteiger partial charge is 0.276 e. The standard InChI is InChI=1S/C21H22N4O2/c1-14-8-4-6-10-17(14)22-20(26)16(3)25-13-12-19(24-25)21(27)23-18-11-7-5-9-15(18)2/h4-13,16H,1-3H3,(H,22,26)(H,23,27). The summed E-state index contributed by atoms with van der Waals surface area (Å²) >= 11 is 0. The first-order valence-corrected chi connectivity index (χ1v) is 8.74. The van der Waals surface area contributed by atoms with E-state index in [4.69, 9.17) is 0 Å². The number of para-hydroxylation sites is 2. The molecule has 2 amide bonds. The Bertz CT molecular complexity index is 978. The average molecular weight is 362 g/mol. The highest BCUT2D eigenvalue weighted by Crippen LogP contribution is 2.17. The maximum atomic E-state index is 12.5. The first kappa shape index (κ1) is 18.4. The number of carbonyl (C=O) groups is 2. The zero-order valence-corrected chi connectivity index (χ0v) is 15.6. The van der Waals surface area contributed by atoms with Crippen LogP contribution in [-0.2, 0) is 4.79 Å². The molecule has 2 aromatic carbocycles. The number of benzene rings is 2. The molecular formula is C21H22N4O2. The van der Waals surface area contributed by atoms with Gasteiger partial charge in [-0.1, -0.05) is 36.4 Å². The summed E-state index contributed by atoms with van der Waals surface area (Å²) in [5.74, 6) is -0.507. The van der Waals surface area contributed by atoms with Crippen molar-refractivity contribution in [1.29, 1.82) is 0 Å². The maximum absolute atomic E-state index is 12.5. The topological polar surface area (TPSA) is 76.0 Å². The van der Waals surface area contributed by atoms with E-state index in [1.807, 2.05) is 62.4 Å². The molecule has 0 saturated heterocycles. The summed E-state index contributed by atoms with van der Waals surface area (Å²) in [7, 11) is 0. The van der Waals surface area contributed by atoms with Crippen molar-refractivity contribution in [2.24, 2.45) is 0 Å². The van der Waals surface area contributed by atoms with E-state index in [2.05, 4.69) is 15.7 Å². The van der Waals surface area contributed by atoms with Crippen molar-refractivity contribution in [3.05, 3.63) is 77.6 Å². The molecule has 0 aliphatic rings. The Kier molecular flexibility index (Phi) is 5.35. The predicted octanol–water partition coefficient (Wildman–Crippen LogP) is 3.95. The van der Waals surface area contributed by atoms with Gasteiger partial charge in [0.25, 0.3) is 5.91 Å². The fourth-order valence-corrected chi connectivity index (χ4v) is 2.64. The molecule has 0 aliphatic carbocycles. The first-order valence-electron chi connectivity index (χ1n) is 8.74. The molecule has 6 nitrogen and oxygen atoms in total. The molecule has 1 aromatic heterocycles. The van der Waals surface area contributed by atoms with E-state index in [0.717, 1.165) is 22.5 Å². The molecule has 2 N–H and O–H groups in total. The number of nitrogens with one attached hydrogen (secondary N) is 2. The average Bonchev–Trinajstić information content (AvgIpc) is 3.15. The molecule has 27 heavy (non-hydrogen) atoms. The lowest BCUT2D eigenvalue weighted by Gasteiger charge is -2.14. The molecule has 0 fully saturated rings. The van der Waals surface area contributed by atoms with Crippen LogP contribution in [0, 0.1) is 13.8 Å². The van der Waals surface area contributed by atoms with Gasteiger partial charge in [-0.25, -0.2) is 0 Å². The lowest BCUT2D eigenvalue weighted by Crippen LogP contribution is -2.25. The van der Waals surface area contributed by atoms with Crippen molar-refractivity contribution < 1.29 is 9.59 Å². The van der Waals surface area contributed by atoms with Crippen LogP contribution in [0.2, 0.25) is 0 Å². The molecule has 1 heterocycles. The monoisotopic (exact) mass is 362 g/mol. The molecule has 0 radical (unpaired) electrons. The third kappa shape index (κ3) is 4.23. The number of nitrogens with zero attached hydrogens (tertiary/aromatic N) is 2. The Morgan fingerprint density at radius 2 is 1.44 bits per heavy atom. The summed E-state index contributed by atoms with van der Waals surface area (Å²) in [6.07, 6.45) is 1.63. The van der Waals surface area contributed by atoms with E-state index in [-0.39, 0.29) is 17.5 Å². The molecule has 0 bridgehead atoms. The normalized spacial score (nSPS) is 11.7. The van der Waals surface area contributed by atoms with Crippen molar-refractivity contribution in [3.8, 4) is 0 Å². The molecule has 1 unspecified atom stereocenters. The van der Waals surface area contributed by atoms with Crippen molar-refractivity contribution in [3.63, 3.8) is 0 Å². The minimum absolute atomic E-state index is 0.196. The summed E-state index contributed by atoms with van der Waals surface area (Å²) in [6, 6.07) is 16.2. The number of amides is 2. The molecule has 138 valence electrons. The fraction of sp³-hybridized carbons (Fsp3) is 0.190. The van der Waals surface area contributed by atoms with Crippen molar-refractivity contribution in [2.75, 3.05) is 10.6 Å². The second-order valence-electron chi connectivity index (χ2n) is 6.43. The van der Waals surface area contributed by atoms with Crippen LogP contribution in [0.4, 0.5) is 11.4 Å². The van der Waals surface area contributed by atoms with Crippen LogP contribution >= 0.6 is 0 Å². The summed E-state index contributed by atoms with van der Waals surface area (Å²) in [6.45, 7) is 5.60. The van der Waals surface area contributed by atoms with Crippen molar-refractivity contribution in [2.45, 2.75) is 26.8 Å². The SMILES string of the molecule is Cc1ccccc1NC(=O)c1ccn(C(C)C(=O)Nc2ccccc2C)n1. The van der Waals surface area contributed by atoms with Crippen LogP contribution in [0.1, 0.15) is 34.6 Å². The van der Waals surface area contributed by atoms with E-state index < -0.39 is 6.04 Å². The van der Waals surface area contributed by atoms with E-state index >= 15 is 0 Å². The number of aromatic nitrogens is 2. The van der Waals surface area contributed by atoms with Crippen molar-refractivity contribution in [1.82, 2.24) is 9.78 Å². The Morgan fingerprint density at radius 3 is 2.04 bits per heavy atom. The number of hydrogen-bond donors (Lipinski definition) is 2. The number of carbonyl (C=O) groups excluding carboxylic acids is 2. The number of hydrogen-bond acceptors (Lipinski definition) is 3. The zero-order chi connectivity index (χ0) is 19.4. The van der Waals surface area contributed by atoms with Gasteiger partial charge in [-0.05, 0) is 50.1 Å². The van der Waals surface area contributed by atoms with E-state index in [1.165, 1.54) is 4.68 Å². The molecule has 6 heteroatoms. The number of rotatable bonds is 5. The highest BCUT2D eigenvalue weighted by Gasteiger charge is 2.19. The fourth-order valence-electron chi connectivity index (χ4n) is 2.64. The Balaban J connectivity index is 1.69. The second-order valence-corrected chi connectivity index (χ2v) is 6.43. The molecule has 0 saturated carbocycles. The molecular weight excluding hydrogens is 340 g/mol. The van der Waals surface area contributed by atoms with Crippen LogP contribution in [0.15, 0.2) is 60.8 Å². The molecule has 3 aromatic rings. The minimum Gasteiger partial charge on any atom is -0.324 e. The van der Waals surface area contributed by atoms with Gasteiger partial charge in [0.1, 0.15) is 6.04 Å².